The van der Waals surface area contributed by atoms with Gasteiger partial charge in [0.1, 0.15) is 6.42 Å². The fourth-order valence-electron chi connectivity index (χ4n) is 2.11. The van der Waals surface area contributed by atoms with Crippen LogP contribution in [0.5, 0.6) is 0 Å². The van der Waals surface area contributed by atoms with Crippen LogP contribution in [0.4, 0.5) is 0 Å². The van der Waals surface area contributed by atoms with Crippen molar-refractivity contribution < 1.29 is 14.7 Å². The lowest BCUT2D eigenvalue weighted by Crippen LogP contribution is -2.42. The molecule has 1 amide bonds. The van der Waals surface area contributed by atoms with Crippen LogP contribution in [0.15, 0.2) is 0 Å². The Morgan fingerprint density at radius 2 is 1.94 bits per heavy atom. The van der Waals surface area contributed by atoms with Gasteiger partial charge in [-0.2, -0.15) is 11.8 Å². The summed E-state index contributed by atoms with van der Waals surface area (Å²) in [5.74, 6) is -1.45. The summed E-state index contributed by atoms with van der Waals surface area (Å²) in [5, 5.41) is 11.2. The smallest absolute Gasteiger partial charge is 0.312 e. The average molecular weight is 245 g/mol. The van der Waals surface area contributed by atoms with E-state index in [1.807, 2.05) is 0 Å². The third-order valence-corrected chi connectivity index (χ3v) is 4.54. The van der Waals surface area contributed by atoms with Gasteiger partial charge in [-0.25, -0.2) is 0 Å². The molecule has 5 heteroatoms. The second-order valence-electron chi connectivity index (χ2n) is 4.30. The number of rotatable bonds is 5. The molecule has 1 saturated carbocycles. The first-order valence-corrected chi connectivity index (χ1v) is 6.84. The van der Waals surface area contributed by atoms with Gasteiger partial charge in [0, 0.05) is 11.3 Å². The van der Waals surface area contributed by atoms with E-state index >= 15 is 0 Å². The zero-order valence-electron chi connectivity index (χ0n) is 9.62. The summed E-state index contributed by atoms with van der Waals surface area (Å²) in [6.45, 7) is 0.597. The summed E-state index contributed by atoms with van der Waals surface area (Å²) < 4.78 is 0.131. The summed E-state index contributed by atoms with van der Waals surface area (Å²) in [4.78, 5) is 21.6. The molecule has 0 radical (unpaired) electrons. The lowest BCUT2D eigenvalue weighted by Gasteiger charge is -2.35. The second-order valence-corrected chi connectivity index (χ2v) is 5.57. The highest BCUT2D eigenvalue weighted by Gasteiger charge is 2.31. The van der Waals surface area contributed by atoms with Gasteiger partial charge in [0.15, 0.2) is 0 Å². The number of hydrogen-bond donors (Lipinski definition) is 2. The third-order valence-electron chi connectivity index (χ3n) is 3.12. The summed E-state index contributed by atoms with van der Waals surface area (Å²) in [6, 6.07) is 0. The molecule has 1 aliphatic carbocycles. The number of amides is 1. The Morgan fingerprint density at radius 1 is 1.31 bits per heavy atom. The Labute approximate surface area is 100 Å². The Balaban J connectivity index is 2.38. The maximum atomic E-state index is 11.3. The summed E-state index contributed by atoms with van der Waals surface area (Å²) in [7, 11) is 0. The van der Waals surface area contributed by atoms with Crippen molar-refractivity contribution in [2.75, 3.05) is 12.8 Å². The van der Waals surface area contributed by atoms with Crippen molar-refractivity contribution in [3.05, 3.63) is 0 Å². The molecule has 1 rings (SSSR count). The van der Waals surface area contributed by atoms with Crippen LogP contribution in [0, 0.1) is 0 Å². The minimum Gasteiger partial charge on any atom is -0.481 e. The quantitative estimate of drug-likeness (QED) is 0.723. The number of nitrogens with one attached hydrogen (secondary N) is 1. The van der Waals surface area contributed by atoms with Crippen molar-refractivity contribution in [2.45, 2.75) is 43.3 Å². The van der Waals surface area contributed by atoms with Crippen LogP contribution in [0.2, 0.25) is 0 Å². The summed E-state index contributed by atoms with van der Waals surface area (Å²) >= 11 is 1.79. The van der Waals surface area contributed by atoms with Gasteiger partial charge in [-0.3, -0.25) is 9.59 Å². The minimum atomic E-state index is -1.07. The van der Waals surface area contributed by atoms with Crippen molar-refractivity contribution in [2.24, 2.45) is 0 Å². The van der Waals surface area contributed by atoms with Crippen LogP contribution < -0.4 is 5.32 Å². The maximum absolute atomic E-state index is 11.3. The molecule has 92 valence electrons. The molecule has 2 N–H and O–H groups in total. The molecule has 16 heavy (non-hydrogen) atoms. The fourth-order valence-corrected chi connectivity index (χ4v) is 3.02. The maximum Gasteiger partial charge on any atom is 0.312 e. The van der Waals surface area contributed by atoms with Gasteiger partial charge in [-0.1, -0.05) is 19.3 Å². The van der Waals surface area contributed by atoms with E-state index in [2.05, 4.69) is 11.6 Å². The number of carboxylic acid groups (broad SMARTS) is 1. The number of carbonyl (C=O) groups excluding carboxylic acids is 1. The fraction of sp³-hybridized carbons (Fsp3) is 0.818. The lowest BCUT2D eigenvalue weighted by molar-refractivity contribution is -0.140. The van der Waals surface area contributed by atoms with Crippen LogP contribution in [0.3, 0.4) is 0 Å². The Morgan fingerprint density at radius 3 is 2.44 bits per heavy atom. The molecule has 0 bridgehead atoms. The van der Waals surface area contributed by atoms with E-state index in [0.29, 0.717) is 6.54 Å². The topological polar surface area (TPSA) is 66.4 Å². The van der Waals surface area contributed by atoms with E-state index in [1.165, 1.54) is 19.3 Å². The highest BCUT2D eigenvalue weighted by molar-refractivity contribution is 8.00. The normalized spacial score (nSPS) is 19.1. The minimum absolute atomic E-state index is 0.131. The van der Waals surface area contributed by atoms with Gasteiger partial charge in [-0.15, -0.1) is 0 Å². The first kappa shape index (κ1) is 13.4. The van der Waals surface area contributed by atoms with Gasteiger partial charge in [-0.05, 0) is 19.1 Å². The number of aliphatic carboxylic acids is 1. The number of hydrogen-bond acceptors (Lipinski definition) is 3. The number of carbonyl (C=O) groups is 2. The van der Waals surface area contributed by atoms with E-state index in [0.717, 1.165) is 12.8 Å². The third kappa shape index (κ3) is 4.04. The van der Waals surface area contributed by atoms with Crippen molar-refractivity contribution in [3.63, 3.8) is 0 Å². The average Bonchev–Trinajstić information content (AvgIpc) is 2.27. The predicted octanol–water partition coefficient (Wildman–Crippen LogP) is 1.64. The molecule has 1 fully saturated rings. The molecule has 1 aliphatic rings. The van der Waals surface area contributed by atoms with E-state index in [9.17, 15) is 9.59 Å². The van der Waals surface area contributed by atoms with Crippen molar-refractivity contribution >= 4 is 23.6 Å². The van der Waals surface area contributed by atoms with Crippen LogP contribution in [0.1, 0.15) is 38.5 Å². The zero-order chi connectivity index (χ0) is 12.0. The van der Waals surface area contributed by atoms with Gasteiger partial charge >= 0.3 is 5.97 Å². The van der Waals surface area contributed by atoms with Gasteiger partial charge in [0.25, 0.3) is 0 Å². The highest BCUT2D eigenvalue weighted by atomic mass is 32.2. The molecule has 0 aromatic heterocycles. The SMILES string of the molecule is CSC1(CNC(=O)CC(=O)O)CCCCC1. The molecule has 0 heterocycles. The molecule has 0 aromatic rings. The van der Waals surface area contributed by atoms with E-state index in [1.54, 1.807) is 11.8 Å². The van der Waals surface area contributed by atoms with E-state index in [4.69, 9.17) is 5.11 Å². The molecular formula is C11H19NO3S. The molecule has 0 atom stereocenters. The van der Waals surface area contributed by atoms with Crippen LogP contribution in [0.25, 0.3) is 0 Å². The standard InChI is InChI=1S/C11H19NO3S/c1-16-11(5-3-2-4-6-11)8-12-9(13)7-10(14)15/h2-8H2,1H3,(H,12,13)(H,14,15). The number of thioether (sulfide) groups is 1. The largest absolute Gasteiger partial charge is 0.481 e. The molecule has 0 aliphatic heterocycles. The number of carboxylic acids is 1. The molecule has 0 saturated heterocycles. The van der Waals surface area contributed by atoms with Crippen molar-refractivity contribution in [3.8, 4) is 0 Å². The first-order valence-electron chi connectivity index (χ1n) is 5.62. The highest BCUT2D eigenvalue weighted by Crippen LogP contribution is 2.37. The van der Waals surface area contributed by atoms with Crippen LogP contribution >= 0.6 is 11.8 Å². The predicted molar refractivity (Wildman–Crippen MR) is 64.6 cm³/mol. The zero-order valence-corrected chi connectivity index (χ0v) is 10.4. The Bertz CT molecular complexity index is 262. The van der Waals surface area contributed by atoms with E-state index in [-0.39, 0.29) is 10.7 Å². The molecule has 0 unspecified atom stereocenters. The molecule has 0 aromatic carbocycles. The van der Waals surface area contributed by atoms with Gasteiger partial charge in [0.05, 0.1) is 0 Å². The van der Waals surface area contributed by atoms with Crippen molar-refractivity contribution in [1.82, 2.24) is 5.32 Å². The molecular weight excluding hydrogens is 226 g/mol. The summed E-state index contributed by atoms with van der Waals surface area (Å²) in [6.07, 6.45) is 7.54. The van der Waals surface area contributed by atoms with Crippen molar-refractivity contribution in [1.29, 1.82) is 0 Å². The summed E-state index contributed by atoms with van der Waals surface area (Å²) in [5.41, 5.74) is 0. The monoisotopic (exact) mass is 245 g/mol. The Kier molecular flexibility index (Phi) is 5.12. The van der Waals surface area contributed by atoms with Crippen LogP contribution in [-0.2, 0) is 9.59 Å². The van der Waals surface area contributed by atoms with Gasteiger partial charge in [0.2, 0.25) is 5.91 Å². The first-order chi connectivity index (χ1) is 7.58. The van der Waals surface area contributed by atoms with Gasteiger partial charge < -0.3 is 10.4 Å². The molecule has 4 nitrogen and oxygen atoms in total. The van der Waals surface area contributed by atoms with E-state index < -0.39 is 12.4 Å². The second kappa shape index (κ2) is 6.13. The van der Waals surface area contributed by atoms with Crippen LogP contribution in [-0.4, -0.2) is 34.5 Å². The molecule has 0 spiro atoms. The Hall–Kier alpha value is -0.710. The lowest BCUT2D eigenvalue weighted by atomic mass is 9.88.